The highest BCUT2D eigenvalue weighted by molar-refractivity contribution is 7.98. The summed E-state index contributed by atoms with van der Waals surface area (Å²) >= 11 is 3.06. The molecule has 0 radical (unpaired) electrons. The Hall–Kier alpha value is -6.46. The molecule has 2 aliphatic heterocycles. The Morgan fingerprint density at radius 1 is 0.473 bits per heavy atom. The lowest BCUT2D eigenvalue weighted by atomic mass is 9.98. The maximum atomic E-state index is 14.4. The Balaban J connectivity index is 0.957. The van der Waals surface area contributed by atoms with Gasteiger partial charge in [0, 0.05) is 36.1 Å². The van der Waals surface area contributed by atoms with Crippen molar-refractivity contribution in [1.29, 1.82) is 0 Å². The molecule has 0 aliphatic carbocycles. The molecule has 0 saturated carbocycles. The number of hydrogen-bond acceptors (Lipinski definition) is 10. The van der Waals surface area contributed by atoms with E-state index in [9.17, 15) is 28.8 Å². The maximum absolute atomic E-state index is 14.4. The van der Waals surface area contributed by atoms with E-state index >= 15 is 0 Å². The predicted molar refractivity (Wildman–Crippen MR) is 295 cm³/mol. The SMILES string of the molecule is CN[C@@H](C)C(=O)N[C@@H](CSCc1ccc(CSC[C@H](NC(=O)[C@H](C)NC)C(=O)N2CCC[C@H]2C(=O)NC(c2ccccc2)c2ccccc2)cc1)C(=O)N1CCC[C@H]1C(=O)NC(c1ccccc1)c1ccccc1. The molecule has 6 amide bonds. The van der Waals surface area contributed by atoms with Gasteiger partial charge in [-0.15, -0.1) is 0 Å². The molecule has 2 saturated heterocycles. The average Bonchev–Trinajstić information content (AvgIpc) is 4.15. The second-order valence-corrected chi connectivity index (χ2v) is 21.0. The molecule has 2 fully saturated rings. The Kier molecular flexibility index (Phi) is 20.7. The zero-order chi connectivity index (χ0) is 52.4. The molecular formula is C58H70N8O6S2. The van der Waals surface area contributed by atoms with E-state index in [4.69, 9.17) is 0 Å². The number of nitrogens with one attached hydrogen (secondary N) is 6. The van der Waals surface area contributed by atoms with Gasteiger partial charge in [0.2, 0.25) is 35.4 Å². The molecule has 5 aromatic carbocycles. The first-order valence-corrected chi connectivity index (χ1v) is 27.9. The third-order valence-electron chi connectivity index (χ3n) is 13.8. The van der Waals surface area contributed by atoms with Crippen LogP contribution in [-0.2, 0) is 40.3 Å². The Bertz CT molecular complexity index is 2360. The van der Waals surface area contributed by atoms with Crippen LogP contribution in [0.25, 0.3) is 0 Å². The molecule has 6 atom stereocenters. The lowest BCUT2D eigenvalue weighted by Gasteiger charge is -2.30. The number of hydrogen-bond donors (Lipinski definition) is 6. The molecule has 16 heteroatoms. The van der Waals surface area contributed by atoms with Crippen LogP contribution in [0.1, 0.15) is 85.0 Å². The summed E-state index contributed by atoms with van der Waals surface area (Å²) in [5, 5.41) is 18.3. The van der Waals surface area contributed by atoms with Crippen molar-refractivity contribution < 1.29 is 28.8 Å². The summed E-state index contributed by atoms with van der Waals surface area (Å²) in [5.41, 5.74) is 5.79. The van der Waals surface area contributed by atoms with Crippen molar-refractivity contribution in [3.05, 3.63) is 179 Å². The van der Waals surface area contributed by atoms with Crippen LogP contribution in [0.4, 0.5) is 0 Å². The number of rotatable bonds is 24. The highest BCUT2D eigenvalue weighted by atomic mass is 32.2. The van der Waals surface area contributed by atoms with Gasteiger partial charge in [-0.2, -0.15) is 23.5 Å². The minimum atomic E-state index is -0.857. The van der Waals surface area contributed by atoms with Crippen LogP contribution in [0.2, 0.25) is 0 Å². The van der Waals surface area contributed by atoms with Gasteiger partial charge in [-0.25, -0.2) is 0 Å². The summed E-state index contributed by atoms with van der Waals surface area (Å²) < 4.78 is 0. The van der Waals surface area contributed by atoms with Crippen molar-refractivity contribution in [3.63, 3.8) is 0 Å². The number of likely N-dealkylation sites (N-methyl/N-ethyl adjacent to an activating group) is 2. The van der Waals surface area contributed by atoms with Gasteiger partial charge in [0.25, 0.3) is 0 Å². The highest BCUT2D eigenvalue weighted by Gasteiger charge is 2.40. The number of carbonyl (C=O) groups is 6. The van der Waals surface area contributed by atoms with Crippen LogP contribution < -0.4 is 31.9 Å². The number of amides is 6. The number of carbonyl (C=O) groups excluding carboxylic acids is 6. The van der Waals surface area contributed by atoms with Gasteiger partial charge in [0.05, 0.1) is 24.2 Å². The van der Waals surface area contributed by atoms with Gasteiger partial charge in [0.1, 0.15) is 24.2 Å². The van der Waals surface area contributed by atoms with Crippen LogP contribution in [0.15, 0.2) is 146 Å². The number of likely N-dealkylation sites (tertiary alicyclic amines) is 2. The van der Waals surface area contributed by atoms with Gasteiger partial charge in [-0.3, -0.25) is 28.8 Å². The normalized spacial score (nSPS) is 17.1. The zero-order valence-electron chi connectivity index (χ0n) is 42.7. The van der Waals surface area contributed by atoms with Gasteiger partial charge >= 0.3 is 0 Å². The highest BCUT2D eigenvalue weighted by Crippen LogP contribution is 2.28. The summed E-state index contributed by atoms with van der Waals surface area (Å²) in [4.78, 5) is 86.7. The van der Waals surface area contributed by atoms with E-state index < -0.39 is 48.3 Å². The first-order chi connectivity index (χ1) is 35.9. The van der Waals surface area contributed by atoms with Crippen molar-refractivity contribution in [2.75, 3.05) is 38.7 Å². The topological polar surface area (TPSA) is 181 Å². The van der Waals surface area contributed by atoms with Crippen LogP contribution >= 0.6 is 23.5 Å². The van der Waals surface area contributed by atoms with E-state index in [-0.39, 0.29) is 35.4 Å². The van der Waals surface area contributed by atoms with Crippen LogP contribution in [0, 0.1) is 0 Å². The maximum Gasteiger partial charge on any atom is 0.246 e. The van der Waals surface area contributed by atoms with Gasteiger partial charge in [0.15, 0.2) is 0 Å². The molecule has 7 rings (SSSR count). The first kappa shape index (κ1) is 55.3. The van der Waals surface area contributed by atoms with Crippen LogP contribution in [0.5, 0.6) is 0 Å². The van der Waals surface area contributed by atoms with Crippen LogP contribution in [0.3, 0.4) is 0 Å². The molecule has 2 heterocycles. The van der Waals surface area contributed by atoms with Gasteiger partial charge in [-0.1, -0.05) is 146 Å². The lowest BCUT2D eigenvalue weighted by molar-refractivity contribution is -0.141. The summed E-state index contributed by atoms with van der Waals surface area (Å²) in [5.74, 6) is 0.0952. The fourth-order valence-corrected chi connectivity index (χ4v) is 11.3. The predicted octanol–water partition coefficient (Wildman–Crippen LogP) is 6.13. The fourth-order valence-electron chi connectivity index (χ4n) is 9.31. The Morgan fingerprint density at radius 2 is 0.784 bits per heavy atom. The zero-order valence-corrected chi connectivity index (χ0v) is 44.3. The summed E-state index contributed by atoms with van der Waals surface area (Å²) in [6.45, 7) is 4.29. The first-order valence-electron chi connectivity index (χ1n) is 25.6. The van der Waals surface area contributed by atoms with E-state index in [2.05, 4.69) is 31.9 Å². The van der Waals surface area contributed by atoms with E-state index in [1.807, 2.05) is 146 Å². The molecule has 14 nitrogen and oxygen atoms in total. The second-order valence-electron chi connectivity index (χ2n) is 18.9. The quantitative estimate of drug-likeness (QED) is 0.0421. The molecule has 0 spiro atoms. The monoisotopic (exact) mass is 1040 g/mol. The molecule has 0 unspecified atom stereocenters. The van der Waals surface area contributed by atoms with Crippen molar-refractivity contribution >= 4 is 59.0 Å². The minimum Gasteiger partial charge on any atom is -0.343 e. The minimum absolute atomic E-state index is 0.236. The second kappa shape index (κ2) is 27.7. The number of nitrogens with zero attached hydrogens (tertiary/aromatic N) is 2. The summed E-state index contributed by atoms with van der Waals surface area (Å²) in [7, 11) is 3.38. The number of thioether (sulfide) groups is 2. The molecule has 5 aromatic rings. The van der Waals surface area contributed by atoms with Gasteiger partial charge in [-0.05, 0) is 87.0 Å². The van der Waals surface area contributed by atoms with E-state index in [1.54, 1.807) is 37.7 Å². The smallest absolute Gasteiger partial charge is 0.246 e. The molecular weight excluding hydrogens is 969 g/mol. The third kappa shape index (κ3) is 14.9. The standard InChI is InChI=1S/C58H70N8O6S2/c1-39(59-3)53(67)61-47(57(71)65-33-17-27-49(65)55(69)63-51(43-19-9-5-10-20-43)44-21-11-6-12-22-44)37-73-35-41-29-31-42(32-30-41)36-74-38-48(62-54(68)40(2)60-4)58(72)66-34-18-28-50(66)56(70)64-52(45-23-13-7-14-24-45)46-25-15-8-16-26-46/h5-16,19-26,29-32,39-40,47-52,59-60H,17-18,27-28,33-38H2,1-4H3,(H,61,67)(H,62,68)(H,63,69)(H,64,70)/t39-,40-,47-,48-,49-,50-/m0/s1. The Morgan fingerprint density at radius 3 is 1.08 bits per heavy atom. The van der Waals surface area contributed by atoms with E-state index in [0.717, 1.165) is 33.4 Å². The average molecular weight is 1040 g/mol. The summed E-state index contributed by atoms with van der Waals surface area (Å²) in [6.07, 6.45) is 2.37. The molecule has 74 heavy (non-hydrogen) atoms. The fraction of sp³-hybridized carbons (Fsp3) is 0.379. The van der Waals surface area contributed by atoms with Crippen molar-refractivity contribution in [1.82, 2.24) is 41.7 Å². The molecule has 6 N–H and O–H groups in total. The van der Waals surface area contributed by atoms with Gasteiger partial charge < -0.3 is 41.7 Å². The summed E-state index contributed by atoms with van der Waals surface area (Å²) in [6, 6.07) is 42.3. The third-order valence-corrected chi connectivity index (χ3v) is 16.0. The van der Waals surface area contributed by atoms with E-state index in [0.29, 0.717) is 61.8 Å². The Labute approximate surface area is 444 Å². The molecule has 0 aromatic heterocycles. The largest absolute Gasteiger partial charge is 0.343 e. The van der Waals surface area contributed by atoms with Crippen LogP contribution in [-0.4, -0.2) is 120 Å². The van der Waals surface area contributed by atoms with Crippen molar-refractivity contribution in [2.24, 2.45) is 0 Å². The number of benzene rings is 5. The van der Waals surface area contributed by atoms with E-state index in [1.165, 1.54) is 23.5 Å². The molecule has 390 valence electrons. The van der Waals surface area contributed by atoms with Crippen molar-refractivity contribution in [3.8, 4) is 0 Å². The lowest BCUT2D eigenvalue weighted by Crippen LogP contribution is -2.56. The molecule has 0 bridgehead atoms. The molecule has 2 aliphatic rings. The van der Waals surface area contributed by atoms with Crippen molar-refractivity contribution in [2.45, 2.75) is 99.4 Å².